The number of methoxy groups -OCH3 is 2. The van der Waals surface area contributed by atoms with E-state index < -0.39 is 0 Å². The third-order valence-corrected chi connectivity index (χ3v) is 2.33. The Kier molecular flexibility index (Phi) is 2.46. The number of nitrogens with zero attached hydrogens (tertiary/aromatic N) is 1. The van der Waals surface area contributed by atoms with Crippen LogP contribution >= 0.6 is 0 Å². The molecule has 3 heteroatoms. The van der Waals surface area contributed by atoms with Gasteiger partial charge in [0, 0.05) is 17.1 Å². The molecule has 0 aliphatic heterocycles. The first-order valence-electron chi connectivity index (χ1n) is 4.74. The number of benzene rings is 1. The molecule has 2 aromatic rings. The van der Waals surface area contributed by atoms with Gasteiger partial charge in [-0.3, -0.25) is 4.98 Å². The molecular weight excluding hydrogens is 190 g/mol. The maximum Gasteiger partial charge on any atom is 0.162 e. The molecule has 0 saturated carbocycles. The largest absolute Gasteiger partial charge is 0.493 e. The molecule has 0 aliphatic carbocycles. The highest BCUT2D eigenvalue weighted by Gasteiger charge is 2.06. The van der Waals surface area contributed by atoms with Crippen LogP contribution in [0.1, 0.15) is 5.69 Å². The smallest absolute Gasteiger partial charge is 0.162 e. The fourth-order valence-electron chi connectivity index (χ4n) is 1.55. The molecule has 1 aromatic heterocycles. The minimum absolute atomic E-state index is 0.711. The topological polar surface area (TPSA) is 31.4 Å². The van der Waals surface area contributed by atoms with E-state index in [0.29, 0.717) is 5.75 Å². The van der Waals surface area contributed by atoms with Crippen LogP contribution in [0.3, 0.4) is 0 Å². The molecule has 2 rings (SSSR count). The fraction of sp³-hybridized carbons (Fsp3) is 0.250. The molecule has 0 fully saturated rings. The van der Waals surface area contributed by atoms with Gasteiger partial charge in [0.25, 0.3) is 0 Å². The van der Waals surface area contributed by atoms with E-state index in [9.17, 15) is 0 Å². The van der Waals surface area contributed by atoms with E-state index in [1.165, 1.54) is 0 Å². The number of rotatable bonds is 2. The Balaban J connectivity index is 2.69. The van der Waals surface area contributed by atoms with E-state index in [0.717, 1.165) is 22.3 Å². The number of aryl methyl sites for hydroxylation is 1. The lowest BCUT2D eigenvalue weighted by Crippen LogP contribution is -1.92. The second kappa shape index (κ2) is 3.77. The van der Waals surface area contributed by atoms with Crippen molar-refractivity contribution in [2.45, 2.75) is 6.92 Å². The second-order valence-corrected chi connectivity index (χ2v) is 3.35. The Morgan fingerprint density at radius 1 is 1.00 bits per heavy atom. The second-order valence-electron chi connectivity index (χ2n) is 3.35. The molecule has 15 heavy (non-hydrogen) atoms. The Hall–Kier alpha value is -1.77. The van der Waals surface area contributed by atoms with Crippen molar-refractivity contribution in [2.75, 3.05) is 14.2 Å². The van der Waals surface area contributed by atoms with Crippen molar-refractivity contribution in [2.24, 2.45) is 0 Å². The van der Waals surface area contributed by atoms with Gasteiger partial charge in [0.05, 0.1) is 19.7 Å². The summed E-state index contributed by atoms with van der Waals surface area (Å²) in [5.74, 6) is 1.44. The lowest BCUT2D eigenvalue weighted by Gasteiger charge is -2.08. The van der Waals surface area contributed by atoms with Gasteiger partial charge in [-0.05, 0) is 19.1 Å². The Morgan fingerprint density at radius 2 is 1.67 bits per heavy atom. The molecule has 1 heterocycles. The summed E-state index contributed by atoms with van der Waals surface area (Å²) in [6.45, 7) is 1.97. The van der Waals surface area contributed by atoms with Gasteiger partial charge in [-0.15, -0.1) is 0 Å². The Bertz CT molecular complexity index is 494. The third kappa shape index (κ3) is 1.73. The summed E-state index contributed by atoms with van der Waals surface area (Å²) in [4.78, 5) is 4.42. The average Bonchev–Trinajstić information content (AvgIpc) is 2.27. The van der Waals surface area contributed by atoms with E-state index in [2.05, 4.69) is 4.98 Å². The van der Waals surface area contributed by atoms with Crippen molar-refractivity contribution in [3.05, 3.63) is 30.0 Å². The van der Waals surface area contributed by atoms with Crippen LogP contribution in [-0.4, -0.2) is 19.2 Å². The zero-order valence-corrected chi connectivity index (χ0v) is 9.07. The highest BCUT2D eigenvalue weighted by molar-refractivity contribution is 5.82. The molecule has 0 atom stereocenters. The van der Waals surface area contributed by atoms with Crippen LogP contribution in [0.15, 0.2) is 24.3 Å². The molecule has 0 saturated heterocycles. The molecule has 3 nitrogen and oxygen atoms in total. The van der Waals surface area contributed by atoms with E-state index in [1.54, 1.807) is 14.2 Å². The van der Waals surface area contributed by atoms with Gasteiger partial charge < -0.3 is 9.47 Å². The first-order valence-corrected chi connectivity index (χ1v) is 4.74. The van der Waals surface area contributed by atoms with Crippen molar-refractivity contribution in [3.63, 3.8) is 0 Å². The van der Waals surface area contributed by atoms with Gasteiger partial charge in [-0.1, -0.05) is 6.07 Å². The quantitative estimate of drug-likeness (QED) is 0.751. The van der Waals surface area contributed by atoms with Gasteiger partial charge in [0.15, 0.2) is 11.5 Å². The van der Waals surface area contributed by atoms with Crippen LogP contribution in [0.2, 0.25) is 0 Å². The predicted octanol–water partition coefficient (Wildman–Crippen LogP) is 2.56. The molecule has 0 radical (unpaired) electrons. The summed E-state index contributed by atoms with van der Waals surface area (Å²) in [7, 11) is 3.25. The lowest BCUT2D eigenvalue weighted by atomic mass is 10.2. The average molecular weight is 203 g/mol. The number of ether oxygens (including phenoxy) is 2. The number of hydrogen-bond acceptors (Lipinski definition) is 3. The lowest BCUT2D eigenvalue weighted by molar-refractivity contribution is 0.356. The first-order chi connectivity index (χ1) is 7.24. The zero-order valence-electron chi connectivity index (χ0n) is 9.07. The number of hydrogen-bond donors (Lipinski definition) is 0. The van der Waals surface area contributed by atoms with Crippen molar-refractivity contribution < 1.29 is 9.47 Å². The summed E-state index contributed by atoms with van der Waals surface area (Å²) >= 11 is 0. The fourth-order valence-corrected chi connectivity index (χ4v) is 1.55. The minimum atomic E-state index is 0.711. The molecule has 0 N–H and O–H groups in total. The highest BCUT2D eigenvalue weighted by Crippen LogP contribution is 2.31. The van der Waals surface area contributed by atoms with E-state index in [1.807, 2.05) is 31.2 Å². The molecule has 0 aliphatic rings. The van der Waals surface area contributed by atoms with Crippen LogP contribution < -0.4 is 9.47 Å². The maximum atomic E-state index is 5.22. The van der Waals surface area contributed by atoms with Gasteiger partial charge >= 0.3 is 0 Å². The van der Waals surface area contributed by atoms with Crippen molar-refractivity contribution >= 4 is 10.9 Å². The minimum Gasteiger partial charge on any atom is -0.493 e. The van der Waals surface area contributed by atoms with Gasteiger partial charge in [0.2, 0.25) is 0 Å². The van der Waals surface area contributed by atoms with Crippen molar-refractivity contribution in [3.8, 4) is 11.5 Å². The van der Waals surface area contributed by atoms with E-state index >= 15 is 0 Å². The van der Waals surface area contributed by atoms with Gasteiger partial charge in [0.1, 0.15) is 0 Å². The monoisotopic (exact) mass is 203 g/mol. The number of pyridine rings is 1. The first kappa shape index (κ1) is 9.77. The third-order valence-electron chi connectivity index (χ3n) is 2.33. The molecule has 0 unspecified atom stereocenters. The summed E-state index contributed by atoms with van der Waals surface area (Å²) in [6.07, 6.45) is 0. The van der Waals surface area contributed by atoms with Gasteiger partial charge in [-0.2, -0.15) is 0 Å². The standard InChI is InChI=1S/C12H13NO2/c1-8-4-5-9-6-11(14-2)12(15-3)7-10(9)13-8/h4-7H,1-3H3. The maximum absolute atomic E-state index is 5.22. The van der Waals surface area contributed by atoms with Crippen LogP contribution in [0.5, 0.6) is 11.5 Å². The van der Waals surface area contributed by atoms with Crippen molar-refractivity contribution in [1.29, 1.82) is 0 Å². The predicted molar refractivity (Wildman–Crippen MR) is 59.6 cm³/mol. The summed E-state index contributed by atoms with van der Waals surface area (Å²) in [5.41, 5.74) is 1.92. The molecule has 78 valence electrons. The van der Waals surface area contributed by atoms with Crippen LogP contribution in [0.25, 0.3) is 10.9 Å². The summed E-state index contributed by atoms with van der Waals surface area (Å²) in [6, 6.07) is 7.83. The van der Waals surface area contributed by atoms with Crippen LogP contribution in [0.4, 0.5) is 0 Å². The molecular formula is C12H13NO2. The van der Waals surface area contributed by atoms with Crippen molar-refractivity contribution in [1.82, 2.24) is 4.98 Å². The van der Waals surface area contributed by atoms with Gasteiger partial charge in [-0.25, -0.2) is 0 Å². The Morgan fingerprint density at radius 3 is 2.33 bits per heavy atom. The van der Waals surface area contributed by atoms with E-state index in [-0.39, 0.29) is 0 Å². The normalized spacial score (nSPS) is 10.3. The molecule has 0 amide bonds. The van der Waals surface area contributed by atoms with Crippen LogP contribution in [-0.2, 0) is 0 Å². The Labute approximate surface area is 88.7 Å². The molecule has 0 spiro atoms. The molecule has 0 bridgehead atoms. The number of fused-ring (bicyclic) bond motifs is 1. The summed E-state index contributed by atoms with van der Waals surface area (Å²) in [5, 5.41) is 1.05. The zero-order chi connectivity index (χ0) is 10.8. The molecule has 1 aromatic carbocycles. The van der Waals surface area contributed by atoms with Crippen LogP contribution in [0, 0.1) is 6.92 Å². The van der Waals surface area contributed by atoms with E-state index in [4.69, 9.17) is 9.47 Å². The summed E-state index contributed by atoms with van der Waals surface area (Å²) < 4.78 is 10.4. The highest BCUT2D eigenvalue weighted by atomic mass is 16.5. The SMILES string of the molecule is COc1cc2ccc(C)nc2cc1OC. The number of aromatic nitrogens is 1.